The number of carbonyl (C=O) groups is 2. The van der Waals surface area contributed by atoms with Crippen molar-refractivity contribution in [2.45, 2.75) is 32.7 Å². The minimum absolute atomic E-state index is 0.0397. The van der Waals surface area contributed by atoms with Crippen LogP contribution in [0.1, 0.15) is 37.0 Å². The standard InChI is InChI=1S/C20H31N3O3/c1-16(2)18(23-11-13-26-14-12-23)15-22-19(24)9-6-10-21-20(25)17-7-4-3-5-8-17/h3-5,7-8,16,18H,6,9-15H2,1-2H3,(H,21,25)(H,22,24). The maximum atomic E-state index is 12.1. The number of hydrogen-bond acceptors (Lipinski definition) is 4. The second kappa shape index (κ2) is 10.9. The molecule has 2 rings (SSSR count). The highest BCUT2D eigenvalue weighted by Gasteiger charge is 2.24. The molecule has 0 spiro atoms. The molecule has 1 atom stereocenters. The van der Waals surface area contributed by atoms with Gasteiger partial charge < -0.3 is 15.4 Å². The largest absolute Gasteiger partial charge is 0.379 e. The summed E-state index contributed by atoms with van der Waals surface area (Å²) in [5.74, 6) is 0.412. The highest BCUT2D eigenvalue weighted by atomic mass is 16.5. The van der Waals surface area contributed by atoms with E-state index in [4.69, 9.17) is 4.74 Å². The van der Waals surface area contributed by atoms with Gasteiger partial charge in [-0.05, 0) is 24.5 Å². The predicted octanol–water partition coefficient (Wildman–Crippen LogP) is 1.67. The van der Waals surface area contributed by atoms with Crippen LogP contribution in [0.5, 0.6) is 0 Å². The number of nitrogens with one attached hydrogen (secondary N) is 2. The van der Waals surface area contributed by atoms with E-state index in [1.165, 1.54) is 0 Å². The van der Waals surface area contributed by atoms with Crippen LogP contribution >= 0.6 is 0 Å². The molecule has 0 bridgehead atoms. The third-order valence-electron chi connectivity index (χ3n) is 4.69. The molecule has 6 heteroatoms. The molecule has 1 unspecified atom stereocenters. The first-order valence-electron chi connectivity index (χ1n) is 9.49. The molecule has 1 fully saturated rings. The molecule has 1 saturated heterocycles. The zero-order chi connectivity index (χ0) is 18.8. The molecule has 1 aromatic rings. The highest BCUT2D eigenvalue weighted by Crippen LogP contribution is 2.12. The van der Waals surface area contributed by atoms with E-state index < -0.39 is 0 Å². The van der Waals surface area contributed by atoms with Crippen molar-refractivity contribution in [1.29, 1.82) is 0 Å². The Morgan fingerprint density at radius 2 is 1.81 bits per heavy atom. The number of ether oxygens (including phenoxy) is 1. The van der Waals surface area contributed by atoms with E-state index in [0.29, 0.717) is 43.5 Å². The van der Waals surface area contributed by atoms with Crippen LogP contribution in [0.3, 0.4) is 0 Å². The zero-order valence-electron chi connectivity index (χ0n) is 15.9. The van der Waals surface area contributed by atoms with E-state index in [9.17, 15) is 9.59 Å². The number of amides is 2. The van der Waals surface area contributed by atoms with Gasteiger partial charge in [-0.3, -0.25) is 14.5 Å². The smallest absolute Gasteiger partial charge is 0.251 e. The second-order valence-corrected chi connectivity index (χ2v) is 6.99. The van der Waals surface area contributed by atoms with Crippen molar-refractivity contribution in [2.24, 2.45) is 5.92 Å². The van der Waals surface area contributed by atoms with Crippen LogP contribution in [0, 0.1) is 5.92 Å². The molecule has 0 radical (unpaired) electrons. The topological polar surface area (TPSA) is 70.7 Å². The van der Waals surface area contributed by atoms with Crippen LogP contribution in [0.2, 0.25) is 0 Å². The summed E-state index contributed by atoms with van der Waals surface area (Å²) in [4.78, 5) is 26.4. The average molecular weight is 361 g/mol. The van der Waals surface area contributed by atoms with Crippen molar-refractivity contribution in [3.05, 3.63) is 35.9 Å². The molecule has 1 aromatic carbocycles. The summed E-state index contributed by atoms with van der Waals surface area (Å²) < 4.78 is 5.41. The van der Waals surface area contributed by atoms with E-state index in [0.717, 1.165) is 26.3 Å². The summed E-state index contributed by atoms with van der Waals surface area (Å²) in [6.07, 6.45) is 1.05. The Hall–Kier alpha value is -1.92. The number of morpholine rings is 1. The van der Waals surface area contributed by atoms with Gasteiger partial charge in [0.25, 0.3) is 5.91 Å². The summed E-state index contributed by atoms with van der Waals surface area (Å²) in [6, 6.07) is 9.44. The van der Waals surface area contributed by atoms with Gasteiger partial charge in [-0.25, -0.2) is 0 Å². The number of hydrogen-bond donors (Lipinski definition) is 2. The summed E-state index contributed by atoms with van der Waals surface area (Å²) in [7, 11) is 0. The lowest BCUT2D eigenvalue weighted by Crippen LogP contribution is -2.51. The molecule has 0 aromatic heterocycles. The van der Waals surface area contributed by atoms with Gasteiger partial charge in [0.1, 0.15) is 0 Å². The Kier molecular flexibility index (Phi) is 8.58. The second-order valence-electron chi connectivity index (χ2n) is 6.99. The fourth-order valence-corrected chi connectivity index (χ4v) is 3.14. The van der Waals surface area contributed by atoms with Crippen LogP contribution in [0.25, 0.3) is 0 Å². The van der Waals surface area contributed by atoms with Gasteiger partial charge in [-0.15, -0.1) is 0 Å². The summed E-state index contributed by atoms with van der Waals surface area (Å²) in [6.45, 7) is 8.90. The van der Waals surface area contributed by atoms with Crippen LogP contribution in [0.4, 0.5) is 0 Å². The third-order valence-corrected chi connectivity index (χ3v) is 4.69. The lowest BCUT2D eigenvalue weighted by atomic mass is 10.0. The lowest BCUT2D eigenvalue weighted by molar-refractivity contribution is -0.121. The van der Waals surface area contributed by atoms with Gasteiger partial charge >= 0.3 is 0 Å². The molecule has 1 aliphatic rings. The lowest BCUT2D eigenvalue weighted by Gasteiger charge is -2.36. The maximum Gasteiger partial charge on any atom is 0.251 e. The zero-order valence-corrected chi connectivity index (χ0v) is 15.9. The highest BCUT2D eigenvalue weighted by molar-refractivity contribution is 5.94. The summed E-state index contributed by atoms with van der Waals surface area (Å²) in [5.41, 5.74) is 0.641. The van der Waals surface area contributed by atoms with Gasteiger partial charge in [0, 0.05) is 44.2 Å². The van der Waals surface area contributed by atoms with Crippen molar-refractivity contribution in [2.75, 3.05) is 39.4 Å². The minimum atomic E-state index is -0.0989. The van der Waals surface area contributed by atoms with Crippen LogP contribution in [0.15, 0.2) is 30.3 Å². The Balaban J connectivity index is 1.64. The molecule has 2 amide bonds. The molecular weight excluding hydrogens is 330 g/mol. The molecular formula is C20H31N3O3. The SMILES string of the molecule is CC(C)C(CNC(=O)CCCNC(=O)c1ccccc1)N1CCOCC1. The van der Waals surface area contributed by atoms with Gasteiger partial charge in [0.2, 0.25) is 5.91 Å². The Labute approximate surface area is 156 Å². The van der Waals surface area contributed by atoms with Gasteiger partial charge in [0.05, 0.1) is 13.2 Å². The van der Waals surface area contributed by atoms with Crippen LogP contribution in [-0.2, 0) is 9.53 Å². The normalized spacial score (nSPS) is 16.3. The fraction of sp³-hybridized carbons (Fsp3) is 0.600. The van der Waals surface area contributed by atoms with E-state index in [1.54, 1.807) is 12.1 Å². The van der Waals surface area contributed by atoms with Crippen LogP contribution in [-0.4, -0.2) is 62.1 Å². The minimum Gasteiger partial charge on any atom is -0.379 e. The van der Waals surface area contributed by atoms with E-state index >= 15 is 0 Å². The number of benzene rings is 1. The van der Waals surface area contributed by atoms with Crippen molar-refractivity contribution in [3.63, 3.8) is 0 Å². The monoisotopic (exact) mass is 361 g/mol. The quantitative estimate of drug-likeness (QED) is 0.657. The van der Waals surface area contributed by atoms with Crippen molar-refractivity contribution in [3.8, 4) is 0 Å². The van der Waals surface area contributed by atoms with E-state index in [2.05, 4.69) is 29.4 Å². The molecule has 2 N–H and O–H groups in total. The maximum absolute atomic E-state index is 12.1. The molecule has 1 aliphatic heterocycles. The Morgan fingerprint density at radius 3 is 2.46 bits per heavy atom. The Bertz CT molecular complexity index is 557. The molecule has 144 valence electrons. The summed E-state index contributed by atoms with van der Waals surface area (Å²) in [5, 5.41) is 5.90. The molecule has 6 nitrogen and oxygen atoms in total. The van der Waals surface area contributed by atoms with Crippen LogP contribution < -0.4 is 10.6 Å². The predicted molar refractivity (Wildman–Crippen MR) is 102 cm³/mol. The fourth-order valence-electron chi connectivity index (χ4n) is 3.14. The van der Waals surface area contributed by atoms with E-state index in [-0.39, 0.29) is 11.8 Å². The van der Waals surface area contributed by atoms with Gasteiger partial charge in [0.15, 0.2) is 0 Å². The van der Waals surface area contributed by atoms with Crippen molar-refractivity contribution >= 4 is 11.8 Å². The van der Waals surface area contributed by atoms with Crippen molar-refractivity contribution in [1.82, 2.24) is 15.5 Å². The van der Waals surface area contributed by atoms with Crippen molar-refractivity contribution < 1.29 is 14.3 Å². The molecule has 0 saturated carbocycles. The first-order chi connectivity index (χ1) is 12.6. The molecule has 1 heterocycles. The first-order valence-corrected chi connectivity index (χ1v) is 9.49. The third kappa shape index (κ3) is 6.77. The van der Waals surface area contributed by atoms with Gasteiger partial charge in [-0.1, -0.05) is 32.0 Å². The number of rotatable bonds is 9. The van der Waals surface area contributed by atoms with Gasteiger partial charge in [-0.2, -0.15) is 0 Å². The molecule has 26 heavy (non-hydrogen) atoms. The molecule has 0 aliphatic carbocycles. The average Bonchev–Trinajstić information content (AvgIpc) is 2.66. The number of carbonyl (C=O) groups excluding carboxylic acids is 2. The van der Waals surface area contributed by atoms with E-state index in [1.807, 2.05) is 18.2 Å². The summed E-state index contributed by atoms with van der Waals surface area (Å²) >= 11 is 0. The first kappa shape index (κ1) is 20.4. The Morgan fingerprint density at radius 1 is 1.12 bits per heavy atom. The number of nitrogens with zero attached hydrogens (tertiary/aromatic N) is 1.